The molecule has 2 aromatic carbocycles. The highest BCUT2D eigenvalue weighted by atomic mass is 16.5. The smallest absolute Gasteiger partial charge is 0.243 e. The number of nitrogens with zero attached hydrogens (tertiary/aromatic N) is 3. The molecule has 3 rings (SSSR count). The summed E-state index contributed by atoms with van der Waals surface area (Å²) in [5.74, 6) is 4.03. The lowest BCUT2D eigenvalue weighted by molar-refractivity contribution is -0.129. The zero-order valence-corrected chi connectivity index (χ0v) is 20.2. The van der Waals surface area contributed by atoms with E-state index < -0.39 is 0 Å². The number of anilines is 2. The maximum absolute atomic E-state index is 11.3. The van der Waals surface area contributed by atoms with Crippen molar-refractivity contribution in [2.75, 3.05) is 32.1 Å². The SMILES string of the molecule is C#Cc1cccc(Nc2ncnc3cc(OC)c(OCCN(CCCC(=O)NO)C(C)C)cc23)c1. The van der Waals surface area contributed by atoms with Crippen molar-refractivity contribution in [2.45, 2.75) is 32.7 Å². The summed E-state index contributed by atoms with van der Waals surface area (Å²) in [5, 5.41) is 12.8. The summed E-state index contributed by atoms with van der Waals surface area (Å²) in [6, 6.07) is 11.5. The van der Waals surface area contributed by atoms with Crippen molar-refractivity contribution >= 4 is 28.3 Å². The molecule has 35 heavy (non-hydrogen) atoms. The van der Waals surface area contributed by atoms with Crippen LogP contribution in [0.3, 0.4) is 0 Å². The van der Waals surface area contributed by atoms with Gasteiger partial charge in [0, 0.05) is 41.7 Å². The Labute approximate surface area is 205 Å². The molecule has 184 valence electrons. The first-order chi connectivity index (χ1) is 16.9. The fourth-order valence-electron chi connectivity index (χ4n) is 3.66. The second-order valence-electron chi connectivity index (χ2n) is 8.21. The number of hydrogen-bond acceptors (Lipinski definition) is 8. The first-order valence-electron chi connectivity index (χ1n) is 11.4. The number of methoxy groups -OCH3 is 1. The fourth-order valence-corrected chi connectivity index (χ4v) is 3.66. The summed E-state index contributed by atoms with van der Waals surface area (Å²) in [6.07, 6.45) is 7.91. The Kier molecular flexibility index (Phi) is 9.23. The molecule has 1 aromatic heterocycles. The Balaban J connectivity index is 1.75. The molecule has 0 atom stereocenters. The van der Waals surface area contributed by atoms with Crippen molar-refractivity contribution in [1.29, 1.82) is 0 Å². The topological polar surface area (TPSA) is 109 Å². The van der Waals surface area contributed by atoms with Gasteiger partial charge >= 0.3 is 0 Å². The normalized spacial score (nSPS) is 10.9. The zero-order chi connectivity index (χ0) is 25.2. The van der Waals surface area contributed by atoms with E-state index in [-0.39, 0.29) is 18.4 Å². The number of hydrogen-bond donors (Lipinski definition) is 3. The molecule has 0 radical (unpaired) electrons. The highest BCUT2D eigenvalue weighted by Gasteiger charge is 2.14. The van der Waals surface area contributed by atoms with E-state index in [0.717, 1.165) is 16.6 Å². The van der Waals surface area contributed by atoms with E-state index in [1.54, 1.807) is 12.6 Å². The molecule has 1 amide bonds. The van der Waals surface area contributed by atoms with E-state index in [9.17, 15) is 4.79 Å². The van der Waals surface area contributed by atoms with Gasteiger partial charge in [0.25, 0.3) is 0 Å². The lowest BCUT2D eigenvalue weighted by Crippen LogP contribution is -2.36. The van der Waals surface area contributed by atoms with Gasteiger partial charge in [0.1, 0.15) is 18.8 Å². The van der Waals surface area contributed by atoms with Gasteiger partial charge in [-0.2, -0.15) is 0 Å². The largest absolute Gasteiger partial charge is 0.493 e. The number of aromatic nitrogens is 2. The van der Waals surface area contributed by atoms with Crippen molar-refractivity contribution in [3.8, 4) is 23.8 Å². The highest BCUT2D eigenvalue weighted by Crippen LogP contribution is 2.34. The Morgan fingerprint density at radius 1 is 1.20 bits per heavy atom. The molecule has 0 aliphatic carbocycles. The molecule has 9 nitrogen and oxygen atoms in total. The highest BCUT2D eigenvalue weighted by molar-refractivity contribution is 5.93. The molecule has 0 aliphatic heterocycles. The van der Waals surface area contributed by atoms with Crippen LogP contribution in [0.4, 0.5) is 11.5 Å². The summed E-state index contributed by atoms with van der Waals surface area (Å²) in [4.78, 5) is 22.3. The molecule has 0 unspecified atom stereocenters. The van der Waals surface area contributed by atoms with Crippen molar-refractivity contribution in [1.82, 2.24) is 20.3 Å². The van der Waals surface area contributed by atoms with Crippen LogP contribution in [0.2, 0.25) is 0 Å². The van der Waals surface area contributed by atoms with Crippen molar-refractivity contribution in [2.24, 2.45) is 0 Å². The maximum atomic E-state index is 11.3. The number of hydroxylamine groups is 1. The van der Waals surface area contributed by atoms with E-state index in [4.69, 9.17) is 21.1 Å². The third-order valence-corrected chi connectivity index (χ3v) is 5.55. The van der Waals surface area contributed by atoms with E-state index in [1.165, 1.54) is 6.33 Å². The molecular weight excluding hydrogens is 446 g/mol. The van der Waals surface area contributed by atoms with E-state index in [0.29, 0.717) is 49.0 Å². The average Bonchev–Trinajstić information content (AvgIpc) is 2.87. The quantitative estimate of drug-likeness (QED) is 0.206. The molecule has 0 saturated heterocycles. The van der Waals surface area contributed by atoms with Crippen LogP contribution in [-0.4, -0.2) is 58.8 Å². The maximum Gasteiger partial charge on any atom is 0.243 e. The number of ether oxygens (including phenoxy) is 2. The minimum Gasteiger partial charge on any atom is -0.493 e. The van der Waals surface area contributed by atoms with Gasteiger partial charge in [-0.1, -0.05) is 12.0 Å². The van der Waals surface area contributed by atoms with Crippen LogP contribution in [-0.2, 0) is 4.79 Å². The number of terminal acetylenes is 1. The monoisotopic (exact) mass is 477 g/mol. The predicted molar refractivity (Wildman–Crippen MR) is 135 cm³/mol. The summed E-state index contributed by atoms with van der Waals surface area (Å²) >= 11 is 0. The molecule has 0 saturated carbocycles. The second kappa shape index (κ2) is 12.6. The van der Waals surface area contributed by atoms with Crippen LogP contribution < -0.4 is 20.3 Å². The predicted octanol–water partition coefficient (Wildman–Crippen LogP) is 3.74. The summed E-state index contributed by atoms with van der Waals surface area (Å²) in [7, 11) is 1.59. The summed E-state index contributed by atoms with van der Waals surface area (Å²) in [6.45, 7) is 5.98. The Bertz CT molecular complexity index is 1190. The van der Waals surface area contributed by atoms with Crippen molar-refractivity contribution < 1.29 is 19.5 Å². The number of rotatable bonds is 12. The van der Waals surface area contributed by atoms with Gasteiger partial charge in [0.05, 0.1) is 12.6 Å². The van der Waals surface area contributed by atoms with Gasteiger partial charge in [-0.3, -0.25) is 14.9 Å². The minimum absolute atomic E-state index is 0.263. The number of carbonyl (C=O) groups is 1. The number of amides is 1. The molecule has 1 heterocycles. The molecule has 3 aromatic rings. The molecule has 0 bridgehead atoms. The molecule has 9 heteroatoms. The van der Waals surface area contributed by atoms with Gasteiger partial charge in [-0.05, 0) is 51.1 Å². The molecule has 0 aliphatic rings. The van der Waals surface area contributed by atoms with Gasteiger partial charge in [0.15, 0.2) is 11.5 Å². The number of fused-ring (bicyclic) bond motifs is 1. The van der Waals surface area contributed by atoms with Crippen molar-refractivity contribution in [3.63, 3.8) is 0 Å². The third kappa shape index (κ3) is 7.06. The van der Waals surface area contributed by atoms with Gasteiger partial charge < -0.3 is 14.8 Å². The number of benzene rings is 2. The number of nitrogens with one attached hydrogen (secondary N) is 2. The van der Waals surface area contributed by atoms with Crippen LogP contribution in [0.15, 0.2) is 42.7 Å². The fraction of sp³-hybridized carbons (Fsp3) is 0.346. The molecule has 0 spiro atoms. The minimum atomic E-state index is -0.386. The van der Waals surface area contributed by atoms with Crippen molar-refractivity contribution in [3.05, 3.63) is 48.3 Å². The Morgan fingerprint density at radius 2 is 2.03 bits per heavy atom. The van der Waals surface area contributed by atoms with E-state index in [1.807, 2.05) is 36.4 Å². The molecule has 3 N–H and O–H groups in total. The standard InChI is InChI=1S/C26H31N5O4/c1-5-19-8-6-9-20(14-19)29-26-21-15-24(23(34-4)16-22(21)27-17-28-26)35-13-12-31(18(2)3)11-7-10-25(32)30-33/h1,6,8-9,14-18,33H,7,10-13H2,2-4H3,(H,30,32)(H,27,28,29). The number of carbonyl (C=O) groups excluding carboxylic acids is 1. The van der Waals surface area contributed by atoms with Gasteiger partial charge in [0.2, 0.25) is 5.91 Å². The lowest BCUT2D eigenvalue weighted by Gasteiger charge is -2.26. The van der Waals surface area contributed by atoms with Gasteiger partial charge in [-0.25, -0.2) is 15.4 Å². The van der Waals surface area contributed by atoms with Crippen LogP contribution in [0.5, 0.6) is 11.5 Å². The third-order valence-electron chi connectivity index (χ3n) is 5.55. The van der Waals surface area contributed by atoms with Crippen LogP contribution >= 0.6 is 0 Å². The second-order valence-corrected chi connectivity index (χ2v) is 8.21. The van der Waals surface area contributed by atoms with Gasteiger partial charge in [-0.15, -0.1) is 6.42 Å². The Hall–Kier alpha value is -3.87. The Morgan fingerprint density at radius 3 is 2.74 bits per heavy atom. The lowest BCUT2D eigenvalue weighted by atomic mass is 10.2. The van der Waals surface area contributed by atoms with Crippen LogP contribution in [0.25, 0.3) is 10.9 Å². The zero-order valence-electron chi connectivity index (χ0n) is 20.2. The summed E-state index contributed by atoms with van der Waals surface area (Å²) in [5.41, 5.74) is 3.97. The first kappa shape index (κ1) is 25.7. The first-order valence-corrected chi connectivity index (χ1v) is 11.4. The van der Waals surface area contributed by atoms with E-state index >= 15 is 0 Å². The summed E-state index contributed by atoms with van der Waals surface area (Å²) < 4.78 is 11.7. The molecule has 0 fully saturated rings. The van der Waals surface area contributed by atoms with E-state index in [2.05, 4.69) is 40.0 Å². The average molecular weight is 478 g/mol. The van der Waals surface area contributed by atoms with Crippen LogP contribution in [0, 0.1) is 12.3 Å². The molecular formula is C26H31N5O4. The van der Waals surface area contributed by atoms with Crippen LogP contribution in [0.1, 0.15) is 32.3 Å².